The number of aromatic nitrogens is 3. The second-order valence-corrected chi connectivity index (χ2v) is 4.18. The van der Waals surface area contributed by atoms with Gasteiger partial charge in [-0.2, -0.15) is 0 Å². The van der Waals surface area contributed by atoms with Crippen molar-refractivity contribution in [3.05, 3.63) is 42.7 Å². The van der Waals surface area contributed by atoms with Crippen molar-refractivity contribution >= 4 is 10.9 Å². The van der Waals surface area contributed by atoms with Crippen LogP contribution in [0.1, 0.15) is 0 Å². The molecule has 0 amide bonds. The van der Waals surface area contributed by atoms with Crippen LogP contribution in [-0.2, 0) is 0 Å². The van der Waals surface area contributed by atoms with E-state index in [1.807, 2.05) is 30.3 Å². The van der Waals surface area contributed by atoms with E-state index in [4.69, 9.17) is 9.47 Å². The van der Waals surface area contributed by atoms with Gasteiger partial charge in [0.2, 0.25) is 5.88 Å². The molecule has 0 saturated heterocycles. The van der Waals surface area contributed by atoms with Crippen molar-refractivity contribution in [3.8, 4) is 23.0 Å². The first-order chi connectivity index (χ1) is 9.81. The van der Waals surface area contributed by atoms with Gasteiger partial charge in [-0.25, -0.2) is 15.0 Å². The number of pyridine rings is 1. The molecule has 0 radical (unpaired) electrons. The van der Waals surface area contributed by atoms with Crippen LogP contribution < -0.4 is 9.47 Å². The number of fused-ring (bicyclic) bond motifs is 1. The summed E-state index contributed by atoms with van der Waals surface area (Å²) in [5, 5.41) is 1.02. The Morgan fingerprint density at radius 2 is 1.70 bits per heavy atom. The Kier molecular flexibility index (Phi) is 3.16. The molecule has 0 fully saturated rings. The highest BCUT2D eigenvalue weighted by Crippen LogP contribution is 2.29. The molecular weight excluding hydrogens is 254 g/mol. The zero-order valence-electron chi connectivity index (χ0n) is 11.2. The first-order valence-corrected chi connectivity index (χ1v) is 6.12. The van der Waals surface area contributed by atoms with Crippen molar-refractivity contribution in [1.82, 2.24) is 15.0 Å². The lowest BCUT2D eigenvalue weighted by Gasteiger charge is -2.08. The van der Waals surface area contributed by atoms with E-state index >= 15 is 0 Å². The first kappa shape index (κ1) is 12.3. The van der Waals surface area contributed by atoms with Gasteiger partial charge in [0.05, 0.1) is 37.7 Å². The smallest absolute Gasteiger partial charge is 0.224 e. The Balaban J connectivity index is 2.17. The zero-order valence-corrected chi connectivity index (χ0v) is 11.2. The summed E-state index contributed by atoms with van der Waals surface area (Å²) in [5.74, 6) is 1.68. The quantitative estimate of drug-likeness (QED) is 0.730. The fourth-order valence-corrected chi connectivity index (χ4v) is 1.97. The minimum Gasteiger partial charge on any atom is -0.494 e. The standard InChI is InChI=1S/C15H13N3O2/c1-19-11-8-16-14(17-9-11)12-7-10-5-3-4-6-13(10)18-15(12)20-2/h3-9H,1-2H3. The van der Waals surface area contributed by atoms with Crippen LogP contribution in [0.3, 0.4) is 0 Å². The lowest BCUT2D eigenvalue weighted by molar-refractivity contribution is 0.400. The number of hydrogen-bond donors (Lipinski definition) is 0. The topological polar surface area (TPSA) is 57.1 Å². The van der Waals surface area contributed by atoms with Crippen LogP contribution in [-0.4, -0.2) is 29.2 Å². The second kappa shape index (κ2) is 5.13. The van der Waals surface area contributed by atoms with E-state index in [0.717, 1.165) is 16.5 Å². The largest absolute Gasteiger partial charge is 0.494 e. The summed E-state index contributed by atoms with van der Waals surface area (Å²) in [6.07, 6.45) is 3.24. The second-order valence-electron chi connectivity index (χ2n) is 4.18. The molecule has 0 spiro atoms. The zero-order chi connectivity index (χ0) is 13.9. The van der Waals surface area contributed by atoms with Crippen molar-refractivity contribution in [3.63, 3.8) is 0 Å². The number of ether oxygens (including phenoxy) is 2. The summed E-state index contributed by atoms with van der Waals surface area (Å²) in [7, 11) is 3.17. The third kappa shape index (κ3) is 2.14. The van der Waals surface area contributed by atoms with E-state index in [1.165, 1.54) is 0 Å². The van der Waals surface area contributed by atoms with Crippen molar-refractivity contribution < 1.29 is 9.47 Å². The number of benzene rings is 1. The van der Waals surface area contributed by atoms with Crippen LogP contribution >= 0.6 is 0 Å². The summed E-state index contributed by atoms with van der Waals surface area (Å²) >= 11 is 0. The molecule has 20 heavy (non-hydrogen) atoms. The van der Waals surface area contributed by atoms with Gasteiger partial charge >= 0.3 is 0 Å². The minimum absolute atomic E-state index is 0.508. The van der Waals surface area contributed by atoms with E-state index in [0.29, 0.717) is 17.5 Å². The van der Waals surface area contributed by atoms with Crippen LogP contribution in [0.25, 0.3) is 22.3 Å². The van der Waals surface area contributed by atoms with Gasteiger partial charge in [-0.15, -0.1) is 0 Å². The van der Waals surface area contributed by atoms with E-state index in [2.05, 4.69) is 15.0 Å². The molecule has 0 unspecified atom stereocenters. The molecule has 3 aromatic rings. The van der Waals surface area contributed by atoms with Gasteiger partial charge in [0.1, 0.15) is 0 Å². The van der Waals surface area contributed by atoms with Gasteiger partial charge in [-0.3, -0.25) is 0 Å². The van der Waals surface area contributed by atoms with Gasteiger partial charge in [-0.05, 0) is 12.1 Å². The number of rotatable bonds is 3. The molecule has 0 saturated carbocycles. The van der Waals surface area contributed by atoms with Crippen LogP contribution in [0.2, 0.25) is 0 Å². The molecule has 0 aliphatic rings. The molecule has 0 aliphatic carbocycles. The molecule has 5 heteroatoms. The highest BCUT2D eigenvalue weighted by atomic mass is 16.5. The first-order valence-electron chi connectivity index (χ1n) is 6.12. The Labute approximate surface area is 116 Å². The van der Waals surface area contributed by atoms with E-state index in [9.17, 15) is 0 Å². The van der Waals surface area contributed by atoms with Crippen LogP contribution in [0, 0.1) is 0 Å². The van der Waals surface area contributed by atoms with Gasteiger partial charge in [0, 0.05) is 5.39 Å². The number of nitrogens with zero attached hydrogens (tertiary/aromatic N) is 3. The van der Waals surface area contributed by atoms with Crippen molar-refractivity contribution in [2.45, 2.75) is 0 Å². The maximum absolute atomic E-state index is 5.34. The monoisotopic (exact) mass is 267 g/mol. The average Bonchev–Trinajstić information content (AvgIpc) is 2.53. The fraction of sp³-hybridized carbons (Fsp3) is 0.133. The predicted octanol–water partition coefficient (Wildman–Crippen LogP) is 2.71. The van der Waals surface area contributed by atoms with E-state index < -0.39 is 0 Å². The molecule has 0 bridgehead atoms. The SMILES string of the molecule is COc1cnc(-c2cc3ccccc3nc2OC)nc1. The fourth-order valence-electron chi connectivity index (χ4n) is 1.97. The average molecular weight is 267 g/mol. The van der Waals surface area contributed by atoms with Crippen LogP contribution in [0.5, 0.6) is 11.6 Å². The highest BCUT2D eigenvalue weighted by molar-refractivity contribution is 5.84. The number of hydrogen-bond acceptors (Lipinski definition) is 5. The molecule has 0 aliphatic heterocycles. The maximum Gasteiger partial charge on any atom is 0.224 e. The highest BCUT2D eigenvalue weighted by Gasteiger charge is 2.12. The van der Waals surface area contributed by atoms with Gasteiger partial charge < -0.3 is 9.47 Å². The van der Waals surface area contributed by atoms with E-state index in [-0.39, 0.29) is 0 Å². The predicted molar refractivity (Wildman–Crippen MR) is 75.9 cm³/mol. The minimum atomic E-state index is 0.508. The van der Waals surface area contributed by atoms with Crippen LogP contribution in [0.4, 0.5) is 0 Å². The Bertz CT molecular complexity index is 742. The summed E-state index contributed by atoms with van der Waals surface area (Å²) in [4.78, 5) is 13.0. The molecule has 0 atom stereocenters. The third-order valence-corrected chi connectivity index (χ3v) is 2.99. The van der Waals surface area contributed by atoms with Crippen molar-refractivity contribution in [1.29, 1.82) is 0 Å². The molecule has 2 aromatic heterocycles. The molecule has 2 heterocycles. The molecule has 5 nitrogen and oxygen atoms in total. The third-order valence-electron chi connectivity index (χ3n) is 2.99. The summed E-state index contributed by atoms with van der Waals surface area (Å²) in [5.41, 5.74) is 1.63. The summed E-state index contributed by atoms with van der Waals surface area (Å²) in [6.45, 7) is 0. The summed E-state index contributed by atoms with van der Waals surface area (Å²) < 4.78 is 10.4. The molecule has 1 aromatic carbocycles. The Morgan fingerprint density at radius 1 is 0.950 bits per heavy atom. The number of methoxy groups -OCH3 is 2. The molecule has 100 valence electrons. The normalized spacial score (nSPS) is 10.5. The van der Waals surface area contributed by atoms with Gasteiger partial charge in [0.15, 0.2) is 11.6 Å². The van der Waals surface area contributed by atoms with Gasteiger partial charge in [-0.1, -0.05) is 18.2 Å². The molecular formula is C15H13N3O2. The van der Waals surface area contributed by atoms with E-state index in [1.54, 1.807) is 26.6 Å². The Morgan fingerprint density at radius 3 is 2.40 bits per heavy atom. The van der Waals surface area contributed by atoms with Crippen LogP contribution in [0.15, 0.2) is 42.7 Å². The maximum atomic E-state index is 5.34. The van der Waals surface area contributed by atoms with Gasteiger partial charge in [0.25, 0.3) is 0 Å². The molecule has 3 rings (SSSR count). The summed E-state index contributed by atoms with van der Waals surface area (Å²) in [6, 6.07) is 9.82. The van der Waals surface area contributed by atoms with Crippen molar-refractivity contribution in [2.75, 3.05) is 14.2 Å². The Hall–Kier alpha value is -2.69. The lowest BCUT2D eigenvalue weighted by atomic mass is 10.1. The lowest BCUT2D eigenvalue weighted by Crippen LogP contribution is -1.96. The molecule has 0 N–H and O–H groups in total. The number of para-hydroxylation sites is 1. The van der Waals surface area contributed by atoms with Crippen molar-refractivity contribution in [2.24, 2.45) is 0 Å².